The maximum Gasteiger partial charge on any atom is 0.259 e. The number of hydrogen-bond acceptors (Lipinski definition) is 5. The van der Waals surface area contributed by atoms with Crippen molar-refractivity contribution >= 4 is 5.91 Å². The van der Waals surface area contributed by atoms with Crippen LogP contribution in [0.3, 0.4) is 0 Å². The van der Waals surface area contributed by atoms with Crippen molar-refractivity contribution in [2.24, 2.45) is 0 Å². The van der Waals surface area contributed by atoms with E-state index in [9.17, 15) is 9.59 Å². The van der Waals surface area contributed by atoms with Crippen LogP contribution in [0.15, 0.2) is 51.9 Å². The molecule has 2 aromatic heterocycles. The Hall–Kier alpha value is -3.22. The second-order valence-electron chi connectivity index (χ2n) is 7.52. The molecule has 4 rings (SSSR count). The van der Waals surface area contributed by atoms with Gasteiger partial charge in [-0.3, -0.25) is 9.59 Å². The Morgan fingerprint density at radius 3 is 2.69 bits per heavy atom. The Labute approximate surface area is 168 Å². The van der Waals surface area contributed by atoms with Gasteiger partial charge in [0, 0.05) is 24.7 Å². The highest BCUT2D eigenvalue weighted by atomic mass is 16.5. The van der Waals surface area contributed by atoms with E-state index in [0.717, 1.165) is 18.4 Å². The number of nitrogens with one attached hydrogen (secondary N) is 1. The van der Waals surface area contributed by atoms with Crippen molar-refractivity contribution in [2.45, 2.75) is 51.6 Å². The third kappa shape index (κ3) is 4.29. The molecule has 7 heteroatoms. The van der Waals surface area contributed by atoms with Crippen molar-refractivity contribution in [3.05, 3.63) is 69.9 Å². The zero-order chi connectivity index (χ0) is 20.4. The van der Waals surface area contributed by atoms with E-state index in [4.69, 9.17) is 4.52 Å². The average Bonchev–Trinajstić information content (AvgIpc) is 3.46. The van der Waals surface area contributed by atoms with Gasteiger partial charge >= 0.3 is 0 Å². The number of rotatable bonds is 7. The van der Waals surface area contributed by atoms with Gasteiger partial charge in [0.15, 0.2) is 5.82 Å². The molecule has 1 amide bonds. The van der Waals surface area contributed by atoms with Crippen molar-refractivity contribution in [2.75, 3.05) is 0 Å². The van der Waals surface area contributed by atoms with Crippen molar-refractivity contribution in [1.29, 1.82) is 0 Å². The van der Waals surface area contributed by atoms with Crippen LogP contribution in [-0.2, 0) is 11.3 Å². The summed E-state index contributed by atoms with van der Waals surface area (Å²) in [7, 11) is 0. The number of carbonyl (C=O) groups excluding carboxylic acids is 1. The molecule has 1 aromatic carbocycles. The van der Waals surface area contributed by atoms with Gasteiger partial charge in [0.2, 0.25) is 5.91 Å². The smallest absolute Gasteiger partial charge is 0.259 e. The third-order valence-corrected chi connectivity index (χ3v) is 5.18. The molecule has 0 spiro atoms. The van der Waals surface area contributed by atoms with Crippen LogP contribution in [0.4, 0.5) is 0 Å². The first-order valence-corrected chi connectivity index (χ1v) is 9.94. The number of amides is 1. The first kappa shape index (κ1) is 19.1. The van der Waals surface area contributed by atoms with Crippen LogP contribution in [0.5, 0.6) is 0 Å². The number of aryl methyl sites for hydroxylation is 1. The van der Waals surface area contributed by atoms with Gasteiger partial charge in [-0.05, 0) is 37.8 Å². The standard InChI is InChI=1S/C22H24N4O3/c1-3-18(21(28)23-12-15-6-4-14(2)5-7-15)26-13-17(10-11-19(26)27)22-24-20(25-29-22)16-8-9-16/h4-7,10-11,13,16,18H,3,8-9,12H2,1-2H3,(H,23,28). The molecule has 1 aliphatic rings. The van der Waals surface area contributed by atoms with E-state index >= 15 is 0 Å². The number of nitrogens with zero attached hydrogens (tertiary/aromatic N) is 3. The Morgan fingerprint density at radius 2 is 2.00 bits per heavy atom. The fraction of sp³-hybridized carbons (Fsp3) is 0.364. The molecular formula is C22H24N4O3. The van der Waals surface area contributed by atoms with Crippen molar-refractivity contribution in [1.82, 2.24) is 20.0 Å². The van der Waals surface area contributed by atoms with E-state index in [1.54, 1.807) is 12.3 Å². The molecule has 0 saturated heterocycles. The second-order valence-corrected chi connectivity index (χ2v) is 7.52. The number of pyridine rings is 1. The lowest BCUT2D eigenvalue weighted by molar-refractivity contribution is -0.124. The number of benzene rings is 1. The van der Waals surface area contributed by atoms with Crippen molar-refractivity contribution in [3.8, 4) is 11.5 Å². The zero-order valence-electron chi connectivity index (χ0n) is 16.6. The minimum atomic E-state index is -0.612. The van der Waals surface area contributed by atoms with Crippen LogP contribution in [-0.4, -0.2) is 20.6 Å². The topological polar surface area (TPSA) is 90.0 Å². The van der Waals surface area contributed by atoms with Crippen molar-refractivity contribution < 1.29 is 9.32 Å². The van der Waals surface area contributed by atoms with Gasteiger partial charge in [0.1, 0.15) is 6.04 Å². The number of carbonyl (C=O) groups is 1. The first-order chi connectivity index (χ1) is 14.0. The summed E-state index contributed by atoms with van der Waals surface area (Å²) in [6.07, 6.45) is 4.28. The molecular weight excluding hydrogens is 368 g/mol. The maximum absolute atomic E-state index is 12.8. The molecule has 3 aromatic rings. The minimum absolute atomic E-state index is 0.198. The average molecular weight is 392 g/mol. The van der Waals surface area contributed by atoms with Crippen LogP contribution in [0.2, 0.25) is 0 Å². The lowest BCUT2D eigenvalue weighted by Gasteiger charge is -2.18. The molecule has 1 saturated carbocycles. The van der Waals surface area contributed by atoms with Crippen LogP contribution in [0.1, 0.15) is 55.1 Å². The molecule has 150 valence electrons. The normalized spacial score (nSPS) is 14.6. The summed E-state index contributed by atoms with van der Waals surface area (Å²) in [5.41, 5.74) is 2.57. The number of aromatic nitrogens is 3. The Bertz CT molecular complexity index is 1060. The zero-order valence-corrected chi connectivity index (χ0v) is 16.6. The SMILES string of the molecule is CCC(C(=O)NCc1ccc(C)cc1)n1cc(-c2nc(C3CC3)no2)ccc1=O. The molecule has 1 unspecified atom stereocenters. The molecule has 1 atom stereocenters. The minimum Gasteiger partial charge on any atom is -0.350 e. The monoisotopic (exact) mass is 392 g/mol. The van der Waals surface area contributed by atoms with Gasteiger partial charge in [-0.15, -0.1) is 0 Å². The summed E-state index contributed by atoms with van der Waals surface area (Å²) < 4.78 is 6.80. The Morgan fingerprint density at radius 1 is 1.24 bits per heavy atom. The molecule has 1 fully saturated rings. The molecule has 7 nitrogen and oxygen atoms in total. The largest absolute Gasteiger partial charge is 0.350 e. The highest BCUT2D eigenvalue weighted by Gasteiger charge is 2.29. The second kappa shape index (κ2) is 8.03. The van der Waals surface area contributed by atoms with E-state index in [-0.39, 0.29) is 11.5 Å². The predicted molar refractivity (Wildman–Crippen MR) is 108 cm³/mol. The molecule has 0 radical (unpaired) electrons. The Balaban J connectivity index is 1.53. The van der Waals surface area contributed by atoms with Crippen LogP contribution in [0.25, 0.3) is 11.5 Å². The maximum atomic E-state index is 12.8. The predicted octanol–water partition coefficient (Wildman–Crippen LogP) is 3.35. The molecule has 1 N–H and O–H groups in total. The lowest BCUT2D eigenvalue weighted by atomic mass is 10.1. The van der Waals surface area contributed by atoms with Gasteiger partial charge in [-0.25, -0.2) is 0 Å². The van der Waals surface area contributed by atoms with E-state index < -0.39 is 6.04 Å². The quantitative estimate of drug-likeness (QED) is 0.666. The summed E-state index contributed by atoms with van der Waals surface area (Å²) in [6, 6.07) is 10.5. The van der Waals surface area contributed by atoms with Gasteiger partial charge in [0.25, 0.3) is 11.4 Å². The highest BCUT2D eigenvalue weighted by molar-refractivity contribution is 5.80. The summed E-state index contributed by atoms with van der Waals surface area (Å²) >= 11 is 0. The summed E-state index contributed by atoms with van der Waals surface area (Å²) in [6.45, 7) is 4.32. The van der Waals surface area contributed by atoms with Crippen LogP contribution < -0.4 is 10.9 Å². The van der Waals surface area contributed by atoms with E-state index in [2.05, 4.69) is 15.5 Å². The van der Waals surface area contributed by atoms with E-state index in [1.165, 1.54) is 16.2 Å². The highest BCUT2D eigenvalue weighted by Crippen LogP contribution is 2.38. The molecule has 0 bridgehead atoms. The first-order valence-electron chi connectivity index (χ1n) is 9.94. The van der Waals surface area contributed by atoms with Crippen LogP contribution in [0, 0.1) is 6.92 Å². The Kier molecular flexibility index (Phi) is 5.29. The van der Waals surface area contributed by atoms with Gasteiger partial charge < -0.3 is 14.4 Å². The molecule has 1 aliphatic carbocycles. The third-order valence-electron chi connectivity index (χ3n) is 5.18. The fourth-order valence-corrected chi connectivity index (χ4v) is 3.25. The van der Waals surface area contributed by atoms with E-state index in [1.807, 2.05) is 38.1 Å². The number of hydrogen-bond donors (Lipinski definition) is 1. The summed E-state index contributed by atoms with van der Waals surface area (Å²) in [4.78, 5) is 29.7. The molecule has 29 heavy (non-hydrogen) atoms. The van der Waals surface area contributed by atoms with Gasteiger partial charge in [-0.2, -0.15) is 4.98 Å². The fourth-order valence-electron chi connectivity index (χ4n) is 3.25. The van der Waals surface area contributed by atoms with Gasteiger partial charge in [-0.1, -0.05) is 41.9 Å². The summed E-state index contributed by atoms with van der Waals surface area (Å²) in [5, 5.41) is 6.95. The summed E-state index contributed by atoms with van der Waals surface area (Å²) in [5.74, 6) is 1.27. The van der Waals surface area contributed by atoms with Crippen LogP contribution >= 0.6 is 0 Å². The molecule has 2 heterocycles. The van der Waals surface area contributed by atoms with Crippen molar-refractivity contribution in [3.63, 3.8) is 0 Å². The lowest BCUT2D eigenvalue weighted by Crippen LogP contribution is -2.36. The molecule has 0 aliphatic heterocycles. The van der Waals surface area contributed by atoms with Gasteiger partial charge in [0.05, 0.1) is 5.56 Å². The van der Waals surface area contributed by atoms with E-state index in [0.29, 0.717) is 36.2 Å².